The number of ether oxygens (including phenoxy) is 3. The van der Waals surface area contributed by atoms with Crippen LogP contribution in [0.15, 0.2) is 30.3 Å². The first-order valence-corrected chi connectivity index (χ1v) is 8.05. The van der Waals surface area contributed by atoms with Gasteiger partial charge in [-0.3, -0.25) is 0 Å². The van der Waals surface area contributed by atoms with Gasteiger partial charge in [0.05, 0.1) is 32.5 Å². The molecule has 0 fully saturated rings. The molecule has 0 spiro atoms. The Morgan fingerprint density at radius 2 is 1.62 bits per heavy atom. The average molecular weight is 354 g/mol. The molecule has 2 aromatic carbocycles. The maximum atomic E-state index is 12.4. The first-order valence-electron chi connectivity index (χ1n) is 8.05. The Morgan fingerprint density at radius 3 is 2.23 bits per heavy atom. The van der Waals surface area contributed by atoms with E-state index in [1.165, 1.54) is 14.2 Å². The van der Waals surface area contributed by atoms with Gasteiger partial charge in [-0.25, -0.2) is 9.59 Å². The molecule has 2 aromatic rings. The molecule has 0 saturated carbocycles. The van der Waals surface area contributed by atoms with Gasteiger partial charge in [0.1, 0.15) is 5.75 Å². The van der Waals surface area contributed by atoms with Crippen LogP contribution in [0, 0.1) is 13.8 Å². The highest BCUT2D eigenvalue weighted by Gasteiger charge is 2.22. The first-order chi connectivity index (χ1) is 12.4. The van der Waals surface area contributed by atoms with Crippen molar-refractivity contribution in [3.05, 3.63) is 63.7 Å². The van der Waals surface area contributed by atoms with Gasteiger partial charge in [0.15, 0.2) is 0 Å². The third-order valence-corrected chi connectivity index (χ3v) is 4.17. The van der Waals surface area contributed by atoms with Crippen LogP contribution in [-0.2, 0) is 9.47 Å². The lowest BCUT2D eigenvalue weighted by molar-refractivity contribution is 0.0597. The Kier molecular flexibility index (Phi) is 6.17. The van der Waals surface area contributed by atoms with E-state index >= 15 is 0 Å². The summed E-state index contributed by atoms with van der Waals surface area (Å²) in [5, 5.41) is 0. The Hall–Kier alpha value is -3.08. The van der Waals surface area contributed by atoms with Crippen LogP contribution >= 0.6 is 0 Å². The number of methoxy groups -OCH3 is 3. The summed E-state index contributed by atoms with van der Waals surface area (Å²) < 4.78 is 15.0. The summed E-state index contributed by atoms with van der Waals surface area (Å²) in [6.07, 6.45) is 3.72. The minimum Gasteiger partial charge on any atom is -0.497 e. The maximum Gasteiger partial charge on any atom is 0.338 e. The lowest BCUT2D eigenvalue weighted by Crippen LogP contribution is -2.13. The quantitative estimate of drug-likeness (QED) is 0.599. The second-order valence-electron chi connectivity index (χ2n) is 5.75. The molecular formula is C21H22O5. The number of esters is 2. The molecule has 0 bridgehead atoms. The molecule has 5 heteroatoms. The molecule has 0 heterocycles. The fourth-order valence-electron chi connectivity index (χ4n) is 2.76. The van der Waals surface area contributed by atoms with Gasteiger partial charge < -0.3 is 14.2 Å². The Bertz CT molecular complexity index is 865. The first kappa shape index (κ1) is 19.2. The SMILES string of the molecule is COC(=O)c1cc(C)c(C=Cc2cccc(OC)c2)c(C(=O)OC)c1C. The molecule has 0 aliphatic rings. The van der Waals surface area contributed by atoms with E-state index in [1.54, 1.807) is 20.1 Å². The molecule has 2 rings (SSSR count). The summed E-state index contributed by atoms with van der Waals surface area (Å²) in [4.78, 5) is 24.4. The van der Waals surface area contributed by atoms with Crippen LogP contribution in [0.25, 0.3) is 12.2 Å². The van der Waals surface area contributed by atoms with Crippen molar-refractivity contribution >= 4 is 24.1 Å². The van der Waals surface area contributed by atoms with Crippen LogP contribution in [0.1, 0.15) is 43.0 Å². The summed E-state index contributed by atoms with van der Waals surface area (Å²) in [5.41, 5.74) is 3.63. The number of hydrogen-bond acceptors (Lipinski definition) is 5. The van der Waals surface area contributed by atoms with Crippen molar-refractivity contribution in [2.45, 2.75) is 13.8 Å². The van der Waals surface area contributed by atoms with Gasteiger partial charge in [0, 0.05) is 0 Å². The topological polar surface area (TPSA) is 61.8 Å². The monoisotopic (exact) mass is 354 g/mol. The van der Waals surface area contributed by atoms with E-state index in [0.717, 1.165) is 16.9 Å². The summed E-state index contributed by atoms with van der Waals surface area (Å²) in [5.74, 6) is -0.241. The van der Waals surface area contributed by atoms with Crippen molar-refractivity contribution in [3.63, 3.8) is 0 Å². The predicted octanol–water partition coefficient (Wildman–Crippen LogP) is 4.06. The zero-order chi connectivity index (χ0) is 19.3. The number of aryl methyl sites for hydroxylation is 1. The van der Waals surface area contributed by atoms with Crippen LogP contribution in [0.4, 0.5) is 0 Å². The van der Waals surface area contributed by atoms with Crippen LogP contribution < -0.4 is 4.74 Å². The van der Waals surface area contributed by atoms with Crippen molar-refractivity contribution < 1.29 is 23.8 Å². The van der Waals surface area contributed by atoms with E-state index in [-0.39, 0.29) is 0 Å². The molecule has 0 amide bonds. The Balaban J connectivity index is 2.59. The van der Waals surface area contributed by atoms with Crippen molar-refractivity contribution in [3.8, 4) is 5.75 Å². The normalized spacial score (nSPS) is 10.7. The van der Waals surface area contributed by atoms with E-state index in [1.807, 2.05) is 43.3 Å². The van der Waals surface area contributed by atoms with Crippen LogP contribution in [0.5, 0.6) is 5.75 Å². The maximum absolute atomic E-state index is 12.4. The minimum absolute atomic E-state index is 0.351. The van der Waals surface area contributed by atoms with Crippen molar-refractivity contribution in [2.24, 2.45) is 0 Å². The second-order valence-corrected chi connectivity index (χ2v) is 5.75. The van der Waals surface area contributed by atoms with E-state index in [2.05, 4.69) is 0 Å². The average Bonchev–Trinajstić information content (AvgIpc) is 2.67. The molecule has 0 aromatic heterocycles. The molecule has 0 unspecified atom stereocenters. The Morgan fingerprint density at radius 1 is 0.923 bits per heavy atom. The van der Waals surface area contributed by atoms with Gasteiger partial charge in [0.25, 0.3) is 0 Å². The lowest BCUT2D eigenvalue weighted by Gasteiger charge is -2.15. The van der Waals surface area contributed by atoms with Gasteiger partial charge in [-0.1, -0.05) is 24.3 Å². The second kappa shape index (κ2) is 8.34. The standard InChI is InChI=1S/C21H22O5/c1-13-11-18(20(22)25-4)14(2)19(21(23)26-5)17(13)10-9-15-7-6-8-16(12-15)24-3/h6-12H,1-5H3. The van der Waals surface area contributed by atoms with Crippen LogP contribution in [-0.4, -0.2) is 33.3 Å². The molecular weight excluding hydrogens is 332 g/mol. The van der Waals surface area contributed by atoms with Crippen molar-refractivity contribution in [1.29, 1.82) is 0 Å². The van der Waals surface area contributed by atoms with Gasteiger partial charge >= 0.3 is 11.9 Å². The predicted molar refractivity (Wildman–Crippen MR) is 101 cm³/mol. The fourth-order valence-corrected chi connectivity index (χ4v) is 2.76. The van der Waals surface area contributed by atoms with E-state index < -0.39 is 11.9 Å². The molecule has 0 aliphatic heterocycles. The smallest absolute Gasteiger partial charge is 0.338 e. The summed E-state index contributed by atoms with van der Waals surface area (Å²) in [6.45, 7) is 3.55. The molecule has 0 N–H and O–H groups in total. The number of carbonyl (C=O) groups excluding carboxylic acids is 2. The summed E-state index contributed by atoms with van der Waals surface area (Å²) in [7, 11) is 4.24. The lowest BCUT2D eigenvalue weighted by atomic mass is 9.92. The van der Waals surface area contributed by atoms with E-state index in [4.69, 9.17) is 14.2 Å². The largest absolute Gasteiger partial charge is 0.497 e. The molecule has 0 radical (unpaired) electrons. The third kappa shape index (κ3) is 3.94. The highest BCUT2D eigenvalue weighted by molar-refractivity contribution is 6.02. The van der Waals surface area contributed by atoms with Crippen molar-refractivity contribution in [1.82, 2.24) is 0 Å². The van der Waals surface area contributed by atoms with E-state index in [0.29, 0.717) is 22.3 Å². The highest BCUT2D eigenvalue weighted by atomic mass is 16.5. The fraction of sp³-hybridized carbons (Fsp3) is 0.238. The molecule has 0 saturated heterocycles. The number of hydrogen-bond donors (Lipinski definition) is 0. The molecule has 0 atom stereocenters. The number of benzene rings is 2. The third-order valence-electron chi connectivity index (χ3n) is 4.17. The van der Waals surface area contributed by atoms with Gasteiger partial charge in [-0.15, -0.1) is 0 Å². The minimum atomic E-state index is -0.498. The highest BCUT2D eigenvalue weighted by Crippen LogP contribution is 2.26. The molecule has 136 valence electrons. The molecule has 0 aliphatic carbocycles. The number of rotatable bonds is 5. The molecule has 5 nitrogen and oxygen atoms in total. The Labute approximate surface area is 153 Å². The van der Waals surface area contributed by atoms with Gasteiger partial charge in [-0.05, 0) is 54.3 Å². The zero-order valence-electron chi connectivity index (χ0n) is 15.6. The molecule has 26 heavy (non-hydrogen) atoms. The number of carbonyl (C=O) groups is 2. The zero-order valence-corrected chi connectivity index (χ0v) is 15.6. The van der Waals surface area contributed by atoms with Crippen LogP contribution in [0.2, 0.25) is 0 Å². The van der Waals surface area contributed by atoms with Crippen molar-refractivity contribution in [2.75, 3.05) is 21.3 Å². The van der Waals surface area contributed by atoms with Gasteiger partial charge in [-0.2, -0.15) is 0 Å². The van der Waals surface area contributed by atoms with E-state index in [9.17, 15) is 9.59 Å². The summed E-state index contributed by atoms with van der Waals surface area (Å²) >= 11 is 0. The van der Waals surface area contributed by atoms with Crippen LogP contribution in [0.3, 0.4) is 0 Å². The summed E-state index contributed by atoms with van der Waals surface area (Å²) in [6, 6.07) is 9.29. The van der Waals surface area contributed by atoms with Gasteiger partial charge in [0.2, 0.25) is 0 Å².